The second-order valence-corrected chi connectivity index (χ2v) is 13.3. The van der Waals surface area contributed by atoms with E-state index in [1.807, 2.05) is 20.8 Å². The van der Waals surface area contributed by atoms with Crippen LogP contribution < -0.4 is 0 Å². The molecule has 0 saturated heterocycles. The Morgan fingerprint density at radius 3 is 1.07 bits per heavy atom. The van der Waals surface area contributed by atoms with Gasteiger partial charge in [0.2, 0.25) is 0 Å². The summed E-state index contributed by atoms with van der Waals surface area (Å²) in [4.78, 5) is 36.0. The van der Waals surface area contributed by atoms with Gasteiger partial charge in [0.05, 0.1) is 26.2 Å². The van der Waals surface area contributed by atoms with E-state index in [4.69, 9.17) is 0 Å². The highest BCUT2D eigenvalue weighted by Gasteiger charge is 2.40. The third-order valence-electron chi connectivity index (χ3n) is 9.49. The molecular weight excluding hydrogens is 554 g/mol. The van der Waals surface area contributed by atoms with Crippen LogP contribution in [0.4, 0.5) is 0 Å². The van der Waals surface area contributed by atoms with Crippen LogP contribution in [-0.2, 0) is 14.4 Å². The molecule has 0 rings (SSSR count). The van der Waals surface area contributed by atoms with Gasteiger partial charge in [-0.3, -0.25) is 14.4 Å². The molecule has 3 unspecified atom stereocenters. The van der Waals surface area contributed by atoms with Crippen LogP contribution in [0, 0.1) is 17.8 Å². The van der Waals surface area contributed by atoms with Crippen LogP contribution in [0.1, 0.15) is 163 Å². The topological polar surface area (TPSA) is 112 Å². The number of rotatable bonds is 32. The lowest BCUT2D eigenvalue weighted by molar-refractivity contribution is -0.935. The first-order valence-electron chi connectivity index (χ1n) is 18.3. The predicted molar refractivity (Wildman–Crippen MR) is 182 cm³/mol. The average Bonchev–Trinajstić information content (AvgIpc) is 2.99. The molecule has 0 heterocycles. The van der Waals surface area contributed by atoms with E-state index in [2.05, 4.69) is 19.1 Å². The summed E-state index contributed by atoms with van der Waals surface area (Å²) in [5, 5.41) is 29.5. The molecule has 0 fully saturated rings. The minimum absolute atomic E-state index is 0.257. The zero-order valence-electron chi connectivity index (χ0n) is 29.1. The van der Waals surface area contributed by atoms with Gasteiger partial charge in [-0.25, -0.2) is 0 Å². The van der Waals surface area contributed by atoms with E-state index in [-0.39, 0.29) is 24.1 Å². The lowest BCUT2D eigenvalue weighted by Crippen LogP contribution is -2.58. The Kier molecular flexibility index (Phi) is 26.2. The Morgan fingerprint density at radius 1 is 0.477 bits per heavy atom. The molecule has 0 aromatic carbocycles. The maximum Gasteiger partial charge on any atom is 0.312 e. The first kappa shape index (κ1) is 42.1. The normalized spacial score (nSPS) is 15.2. The molecule has 258 valence electrons. The molecule has 0 aliphatic rings. The van der Waals surface area contributed by atoms with Crippen molar-refractivity contribution in [2.45, 2.75) is 163 Å². The van der Waals surface area contributed by atoms with Crippen LogP contribution in [0.3, 0.4) is 0 Å². The molecule has 0 radical (unpaired) electrons. The van der Waals surface area contributed by atoms with Gasteiger partial charge in [-0.1, -0.05) is 117 Å². The number of quaternary nitrogens is 1. The van der Waals surface area contributed by atoms with Crippen molar-refractivity contribution < 1.29 is 34.2 Å². The Hall–Kier alpha value is -1.89. The summed E-state index contributed by atoms with van der Waals surface area (Å²) in [6, 6.07) is 0. The lowest BCUT2D eigenvalue weighted by atomic mass is 9.95. The average molecular weight is 625 g/mol. The summed E-state index contributed by atoms with van der Waals surface area (Å²) in [7, 11) is 0. The molecule has 44 heavy (non-hydrogen) atoms. The molecule has 0 spiro atoms. The molecule has 0 bridgehead atoms. The Balaban J connectivity index is 4.58. The molecule has 0 aromatic heterocycles. The summed E-state index contributed by atoms with van der Waals surface area (Å²) in [5.41, 5.74) is 0. The quantitative estimate of drug-likeness (QED) is 0.0390. The Morgan fingerprint density at radius 2 is 0.773 bits per heavy atom. The van der Waals surface area contributed by atoms with E-state index in [1.165, 1.54) is 96.3 Å². The van der Waals surface area contributed by atoms with Gasteiger partial charge < -0.3 is 19.8 Å². The van der Waals surface area contributed by atoms with E-state index < -0.39 is 35.7 Å². The molecule has 0 aromatic rings. The van der Waals surface area contributed by atoms with Crippen molar-refractivity contribution in [3.05, 3.63) is 12.2 Å². The van der Waals surface area contributed by atoms with E-state index >= 15 is 0 Å². The molecule has 3 atom stereocenters. The predicted octanol–water partition coefficient (Wildman–Crippen LogP) is 9.73. The standard InChI is InChI=1S/C37H69NO6/c1-5-9-10-11-12-13-14-15-16-17-18-19-20-21-22-23-24-25-26-27-28-38(29-32(6-2)35(39)40,30-33(7-3)36(41)42)31-34(8-4)37(43)44/h17-18,32-34H,5-16,19-31H2,1-4H3,(H2-,39,40,41,42,43,44)/p+1/b18-17+. The number of nitrogens with zero attached hydrogens (tertiary/aromatic N) is 1. The van der Waals surface area contributed by atoms with Crippen molar-refractivity contribution in [1.82, 2.24) is 0 Å². The van der Waals surface area contributed by atoms with Crippen molar-refractivity contribution in [2.24, 2.45) is 17.8 Å². The molecule has 3 N–H and O–H groups in total. The third-order valence-corrected chi connectivity index (χ3v) is 9.49. The van der Waals surface area contributed by atoms with E-state index in [9.17, 15) is 29.7 Å². The molecule has 0 saturated carbocycles. The molecule has 0 amide bonds. The van der Waals surface area contributed by atoms with Gasteiger partial charge in [-0.15, -0.1) is 0 Å². The number of aliphatic carboxylic acids is 3. The van der Waals surface area contributed by atoms with E-state index in [0.29, 0.717) is 25.8 Å². The minimum Gasteiger partial charge on any atom is -0.481 e. The summed E-state index contributed by atoms with van der Waals surface area (Å²) in [6.07, 6.45) is 28.5. The molecule has 7 nitrogen and oxygen atoms in total. The lowest BCUT2D eigenvalue weighted by Gasteiger charge is -2.43. The van der Waals surface area contributed by atoms with Gasteiger partial charge >= 0.3 is 17.9 Å². The highest BCUT2D eigenvalue weighted by atomic mass is 16.4. The van der Waals surface area contributed by atoms with Crippen LogP contribution in [0.15, 0.2) is 12.2 Å². The van der Waals surface area contributed by atoms with Crippen molar-refractivity contribution in [2.75, 3.05) is 26.2 Å². The second kappa shape index (κ2) is 27.4. The van der Waals surface area contributed by atoms with Crippen LogP contribution in [0.25, 0.3) is 0 Å². The minimum atomic E-state index is -0.888. The number of unbranched alkanes of at least 4 members (excludes halogenated alkanes) is 16. The monoisotopic (exact) mass is 625 g/mol. The van der Waals surface area contributed by atoms with Crippen LogP contribution in [0.2, 0.25) is 0 Å². The van der Waals surface area contributed by atoms with Gasteiger partial charge in [0, 0.05) is 0 Å². The number of carbonyl (C=O) groups is 3. The van der Waals surface area contributed by atoms with Crippen LogP contribution >= 0.6 is 0 Å². The maximum atomic E-state index is 12.0. The summed E-state index contributed by atoms with van der Waals surface area (Å²) < 4.78 is 0.257. The first-order chi connectivity index (χ1) is 21.2. The second-order valence-electron chi connectivity index (χ2n) is 13.3. The van der Waals surface area contributed by atoms with Gasteiger partial charge in [0.1, 0.15) is 17.8 Å². The fourth-order valence-electron chi connectivity index (χ4n) is 6.45. The van der Waals surface area contributed by atoms with Crippen molar-refractivity contribution in [1.29, 1.82) is 0 Å². The van der Waals surface area contributed by atoms with Crippen LogP contribution in [-0.4, -0.2) is 63.9 Å². The molecular formula is C37H70NO6+. The largest absolute Gasteiger partial charge is 0.481 e. The van der Waals surface area contributed by atoms with Gasteiger partial charge in [-0.05, 0) is 57.8 Å². The maximum absolute atomic E-state index is 12.0. The third kappa shape index (κ3) is 21.0. The SMILES string of the molecule is CCCCCCCCCC/C=C/CCCCCCCCCC[N+](CC(CC)C(=O)O)(CC(CC)C(=O)O)CC(CC)C(=O)O. The summed E-state index contributed by atoms with van der Waals surface area (Å²) in [5.74, 6) is -4.52. The number of hydrogen-bond donors (Lipinski definition) is 3. The van der Waals surface area contributed by atoms with Crippen molar-refractivity contribution in [3.8, 4) is 0 Å². The van der Waals surface area contributed by atoms with E-state index in [0.717, 1.165) is 19.3 Å². The Labute approximate surface area is 270 Å². The highest BCUT2D eigenvalue weighted by molar-refractivity contribution is 5.71. The number of allylic oxidation sites excluding steroid dienone is 2. The number of carboxylic acid groups (broad SMARTS) is 3. The number of carboxylic acids is 3. The summed E-state index contributed by atoms with van der Waals surface area (Å²) in [6.45, 7) is 9.26. The van der Waals surface area contributed by atoms with E-state index in [1.54, 1.807) is 0 Å². The fraction of sp³-hybridized carbons (Fsp3) is 0.865. The van der Waals surface area contributed by atoms with Gasteiger partial charge in [-0.2, -0.15) is 0 Å². The number of hydrogen-bond acceptors (Lipinski definition) is 3. The van der Waals surface area contributed by atoms with Crippen LogP contribution in [0.5, 0.6) is 0 Å². The molecule has 0 aliphatic heterocycles. The summed E-state index contributed by atoms with van der Waals surface area (Å²) >= 11 is 0. The smallest absolute Gasteiger partial charge is 0.312 e. The van der Waals surface area contributed by atoms with Crippen molar-refractivity contribution >= 4 is 17.9 Å². The molecule has 7 heteroatoms. The van der Waals surface area contributed by atoms with Gasteiger partial charge in [0.25, 0.3) is 0 Å². The first-order valence-corrected chi connectivity index (χ1v) is 18.3. The van der Waals surface area contributed by atoms with Crippen molar-refractivity contribution in [3.63, 3.8) is 0 Å². The fourth-order valence-corrected chi connectivity index (χ4v) is 6.45. The Bertz CT molecular complexity index is 707. The zero-order chi connectivity index (χ0) is 33.1. The highest BCUT2D eigenvalue weighted by Crippen LogP contribution is 2.25. The molecule has 0 aliphatic carbocycles. The van der Waals surface area contributed by atoms with Gasteiger partial charge in [0.15, 0.2) is 0 Å². The zero-order valence-corrected chi connectivity index (χ0v) is 29.1.